The molecule has 2 unspecified atom stereocenters. The zero-order valence-corrected chi connectivity index (χ0v) is 16.0. The third kappa shape index (κ3) is 4.17. The predicted octanol–water partition coefficient (Wildman–Crippen LogP) is 3.05. The van der Waals surface area contributed by atoms with E-state index < -0.39 is 0 Å². The Bertz CT molecular complexity index is 702. The highest BCUT2D eigenvalue weighted by molar-refractivity contribution is 5.95. The van der Waals surface area contributed by atoms with Crippen LogP contribution in [-0.4, -0.2) is 65.7 Å². The van der Waals surface area contributed by atoms with Crippen LogP contribution in [0.4, 0.5) is 0 Å². The van der Waals surface area contributed by atoms with Crippen LogP contribution in [0.1, 0.15) is 30.6 Å². The van der Waals surface area contributed by atoms with E-state index in [1.807, 2.05) is 58.3 Å². The van der Waals surface area contributed by atoms with Crippen LogP contribution in [0.25, 0.3) is 5.69 Å². The monoisotopic (exact) mass is 355 g/mol. The van der Waals surface area contributed by atoms with Crippen molar-refractivity contribution in [3.63, 3.8) is 0 Å². The summed E-state index contributed by atoms with van der Waals surface area (Å²) in [6.07, 6.45) is 5.01. The standard InChI is InChI=1S/C21H29N3O2/c1-17-15-23(16-18(2)24(17)12-7-13-26-3)21(25)19-8-6-9-20(14-19)22-10-4-5-11-22/h4-6,8-11,14,17-18H,7,12-13,15-16H2,1-3H3. The molecule has 1 saturated heterocycles. The zero-order valence-electron chi connectivity index (χ0n) is 16.0. The molecule has 5 heteroatoms. The molecule has 0 aliphatic carbocycles. The minimum absolute atomic E-state index is 0.120. The van der Waals surface area contributed by atoms with Gasteiger partial charge in [0.1, 0.15) is 0 Å². The van der Waals surface area contributed by atoms with Gasteiger partial charge in [0, 0.05) is 69.1 Å². The fourth-order valence-corrected chi connectivity index (χ4v) is 3.84. The van der Waals surface area contributed by atoms with Crippen LogP contribution in [0.15, 0.2) is 48.8 Å². The second kappa shape index (κ2) is 8.52. The number of amides is 1. The van der Waals surface area contributed by atoms with E-state index in [0.717, 1.165) is 43.9 Å². The van der Waals surface area contributed by atoms with Gasteiger partial charge in [-0.3, -0.25) is 9.69 Å². The van der Waals surface area contributed by atoms with Crippen LogP contribution in [0, 0.1) is 0 Å². The summed E-state index contributed by atoms with van der Waals surface area (Å²) in [6, 6.07) is 12.5. The molecule has 1 aliphatic rings. The summed E-state index contributed by atoms with van der Waals surface area (Å²) in [5.74, 6) is 0.120. The summed E-state index contributed by atoms with van der Waals surface area (Å²) in [5.41, 5.74) is 1.77. The average Bonchev–Trinajstić information content (AvgIpc) is 3.18. The van der Waals surface area contributed by atoms with Crippen molar-refractivity contribution in [3.8, 4) is 5.69 Å². The fraction of sp³-hybridized carbons (Fsp3) is 0.476. The molecule has 0 spiro atoms. The van der Waals surface area contributed by atoms with Gasteiger partial charge in [0.25, 0.3) is 5.91 Å². The van der Waals surface area contributed by atoms with Gasteiger partial charge >= 0.3 is 0 Å². The van der Waals surface area contributed by atoms with Crippen LogP contribution in [0.5, 0.6) is 0 Å². The van der Waals surface area contributed by atoms with Gasteiger partial charge in [-0.2, -0.15) is 0 Å². The summed E-state index contributed by atoms with van der Waals surface area (Å²) in [4.78, 5) is 17.5. The Morgan fingerprint density at radius 3 is 2.46 bits per heavy atom. The molecule has 1 amide bonds. The lowest BCUT2D eigenvalue weighted by molar-refractivity contribution is 0.0270. The SMILES string of the molecule is COCCCN1C(C)CN(C(=O)c2cccc(-n3cccc3)c2)CC1C. The number of piperazine rings is 1. The van der Waals surface area contributed by atoms with E-state index in [0.29, 0.717) is 12.1 Å². The number of nitrogens with zero attached hydrogens (tertiary/aromatic N) is 3. The van der Waals surface area contributed by atoms with Crippen LogP contribution in [-0.2, 0) is 4.74 Å². The summed E-state index contributed by atoms with van der Waals surface area (Å²) < 4.78 is 7.19. The Morgan fingerprint density at radius 2 is 1.81 bits per heavy atom. The van der Waals surface area contributed by atoms with E-state index in [2.05, 4.69) is 18.7 Å². The summed E-state index contributed by atoms with van der Waals surface area (Å²) in [7, 11) is 1.74. The number of ether oxygens (including phenoxy) is 1. The van der Waals surface area contributed by atoms with Crippen molar-refractivity contribution in [1.29, 1.82) is 0 Å². The number of rotatable bonds is 6. The normalized spacial score (nSPS) is 21.1. The molecule has 0 N–H and O–H groups in total. The fourth-order valence-electron chi connectivity index (χ4n) is 3.84. The minimum atomic E-state index is 0.120. The van der Waals surface area contributed by atoms with E-state index in [1.54, 1.807) is 7.11 Å². The van der Waals surface area contributed by atoms with Gasteiger partial charge in [-0.1, -0.05) is 6.07 Å². The molecule has 140 valence electrons. The van der Waals surface area contributed by atoms with Crippen molar-refractivity contribution < 1.29 is 9.53 Å². The maximum absolute atomic E-state index is 13.1. The van der Waals surface area contributed by atoms with E-state index in [9.17, 15) is 4.79 Å². The lowest BCUT2D eigenvalue weighted by Crippen LogP contribution is -2.58. The van der Waals surface area contributed by atoms with Gasteiger partial charge in [0.2, 0.25) is 0 Å². The number of methoxy groups -OCH3 is 1. The molecule has 5 nitrogen and oxygen atoms in total. The van der Waals surface area contributed by atoms with Crippen molar-refractivity contribution in [3.05, 3.63) is 54.4 Å². The molecule has 1 aliphatic heterocycles. The van der Waals surface area contributed by atoms with Crippen molar-refractivity contribution in [2.24, 2.45) is 0 Å². The quantitative estimate of drug-likeness (QED) is 0.748. The Balaban J connectivity index is 1.68. The van der Waals surface area contributed by atoms with Gasteiger partial charge in [-0.05, 0) is 50.6 Å². The largest absolute Gasteiger partial charge is 0.385 e. The first-order valence-corrected chi connectivity index (χ1v) is 9.37. The molecule has 26 heavy (non-hydrogen) atoms. The van der Waals surface area contributed by atoms with Gasteiger partial charge in [0.05, 0.1) is 0 Å². The van der Waals surface area contributed by atoms with E-state index in [4.69, 9.17) is 4.74 Å². The summed E-state index contributed by atoms with van der Waals surface area (Å²) in [5, 5.41) is 0. The van der Waals surface area contributed by atoms with Gasteiger partial charge in [-0.15, -0.1) is 0 Å². The molecule has 2 atom stereocenters. The topological polar surface area (TPSA) is 37.7 Å². The molecule has 1 fully saturated rings. The first kappa shape index (κ1) is 18.7. The number of hydrogen-bond donors (Lipinski definition) is 0. The first-order valence-electron chi connectivity index (χ1n) is 9.37. The van der Waals surface area contributed by atoms with Gasteiger partial charge < -0.3 is 14.2 Å². The predicted molar refractivity (Wildman–Crippen MR) is 104 cm³/mol. The molecular weight excluding hydrogens is 326 g/mol. The van der Waals surface area contributed by atoms with Crippen molar-refractivity contribution >= 4 is 5.91 Å². The molecule has 2 aromatic rings. The Hall–Kier alpha value is -2.11. The zero-order chi connectivity index (χ0) is 18.5. The summed E-state index contributed by atoms with van der Waals surface area (Å²) in [6.45, 7) is 7.75. The smallest absolute Gasteiger partial charge is 0.254 e. The van der Waals surface area contributed by atoms with E-state index in [1.165, 1.54) is 0 Å². The van der Waals surface area contributed by atoms with Crippen molar-refractivity contribution in [1.82, 2.24) is 14.4 Å². The first-order chi connectivity index (χ1) is 12.6. The Labute approximate surface area is 156 Å². The third-order valence-corrected chi connectivity index (χ3v) is 5.15. The molecule has 1 aromatic carbocycles. The van der Waals surface area contributed by atoms with Crippen LogP contribution >= 0.6 is 0 Å². The number of benzene rings is 1. The molecule has 2 heterocycles. The van der Waals surface area contributed by atoms with Crippen molar-refractivity contribution in [2.75, 3.05) is 33.4 Å². The van der Waals surface area contributed by atoms with E-state index in [-0.39, 0.29) is 5.91 Å². The van der Waals surface area contributed by atoms with Crippen LogP contribution in [0.3, 0.4) is 0 Å². The molecule has 1 aromatic heterocycles. The molecule has 0 saturated carbocycles. The second-order valence-electron chi connectivity index (χ2n) is 7.13. The Morgan fingerprint density at radius 1 is 1.12 bits per heavy atom. The molecular formula is C21H29N3O2. The summed E-state index contributed by atoms with van der Waals surface area (Å²) >= 11 is 0. The van der Waals surface area contributed by atoms with Gasteiger partial charge in [-0.25, -0.2) is 0 Å². The van der Waals surface area contributed by atoms with Crippen LogP contribution in [0.2, 0.25) is 0 Å². The maximum atomic E-state index is 13.1. The van der Waals surface area contributed by atoms with Crippen LogP contribution < -0.4 is 0 Å². The second-order valence-corrected chi connectivity index (χ2v) is 7.13. The number of carbonyl (C=O) groups is 1. The van der Waals surface area contributed by atoms with E-state index >= 15 is 0 Å². The lowest BCUT2D eigenvalue weighted by Gasteiger charge is -2.44. The highest BCUT2D eigenvalue weighted by Gasteiger charge is 2.31. The number of carbonyl (C=O) groups excluding carboxylic acids is 1. The Kier molecular flexibility index (Phi) is 6.12. The van der Waals surface area contributed by atoms with Gasteiger partial charge in [0.15, 0.2) is 0 Å². The lowest BCUT2D eigenvalue weighted by atomic mass is 10.1. The maximum Gasteiger partial charge on any atom is 0.254 e. The minimum Gasteiger partial charge on any atom is -0.385 e. The average molecular weight is 355 g/mol. The molecule has 0 bridgehead atoms. The van der Waals surface area contributed by atoms with Crippen molar-refractivity contribution in [2.45, 2.75) is 32.4 Å². The number of hydrogen-bond acceptors (Lipinski definition) is 3. The number of aromatic nitrogens is 1. The molecule has 3 rings (SSSR count). The highest BCUT2D eigenvalue weighted by Crippen LogP contribution is 2.19. The third-order valence-electron chi connectivity index (χ3n) is 5.15. The molecule has 0 radical (unpaired) electrons. The highest BCUT2D eigenvalue weighted by atomic mass is 16.5.